The van der Waals surface area contributed by atoms with Gasteiger partial charge >= 0.3 is 6.03 Å². The highest BCUT2D eigenvalue weighted by atomic mass is 16.2. The van der Waals surface area contributed by atoms with Crippen LogP contribution in [-0.4, -0.2) is 40.9 Å². The van der Waals surface area contributed by atoms with Gasteiger partial charge in [0.1, 0.15) is 5.54 Å². The summed E-state index contributed by atoms with van der Waals surface area (Å²) in [4.78, 5) is 37.9. The molecule has 3 fully saturated rings. The van der Waals surface area contributed by atoms with Gasteiger partial charge in [0, 0.05) is 19.0 Å². The van der Waals surface area contributed by atoms with E-state index >= 15 is 0 Å². The minimum absolute atomic E-state index is 0.0578. The van der Waals surface area contributed by atoms with Crippen molar-refractivity contribution in [3.05, 3.63) is 0 Å². The summed E-state index contributed by atoms with van der Waals surface area (Å²) in [6.07, 6.45) is 7.95. The van der Waals surface area contributed by atoms with E-state index in [0.717, 1.165) is 57.3 Å². The predicted molar refractivity (Wildman–Crippen MR) is 85.6 cm³/mol. The van der Waals surface area contributed by atoms with Crippen molar-refractivity contribution in [2.45, 2.75) is 76.3 Å². The summed E-state index contributed by atoms with van der Waals surface area (Å²) in [5.41, 5.74) is -0.674. The summed E-state index contributed by atoms with van der Waals surface area (Å²) in [6, 6.07) is -0.0841. The maximum Gasteiger partial charge on any atom is 0.325 e. The topological polar surface area (TPSA) is 78.5 Å². The minimum atomic E-state index is -0.674. The number of nitrogens with one attached hydrogen (secondary N) is 2. The van der Waals surface area contributed by atoms with E-state index in [4.69, 9.17) is 0 Å². The number of hydrogen-bond acceptors (Lipinski definition) is 3. The Balaban J connectivity index is 1.47. The fraction of sp³-hybridized carbons (Fsp3) is 0.824. The second kappa shape index (κ2) is 6.49. The maximum atomic E-state index is 12.5. The summed E-state index contributed by atoms with van der Waals surface area (Å²) in [5, 5.41) is 5.89. The van der Waals surface area contributed by atoms with Crippen LogP contribution >= 0.6 is 0 Å². The van der Waals surface area contributed by atoms with E-state index in [-0.39, 0.29) is 36.9 Å². The number of carbonyl (C=O) groups excluding carboxylic acids is 3. The minimum Gasteiger partial charge on any atom is -0.353 e. The Morgan fingerprint density at radius 1 is 1.22 bits per heavy atom. The van der Waals surface area contributed by atoms with Gasteiger partial charge in [0.05, 0.1) is 0 Å². The number of imide groups is 1. The van der Waals surface area contributed by atoms with Gasteiger partial charge in [0.15, 0.2) is 0 Å². The maximum absolute atomic E-state index is 12.5. The monoisotopic (exact) mass is 321 g/mol. The van der Waals surface area contributed by atoms with Crippen LogP contribution in [0.5, 0.6) is 0 Å². The van der Waals surface area contributed by atoms with Gasteiger partial charge in [0.25, 0.3) is 5.91 Å². The second-order valence-electron chi connectivity index (χ2n) is 7.45. The van der Waals surface area contributed by atoms with Gasteiger partial charge in [-0.15, -0.1) is 0 Å². The first-order valence-corrected chi connectivity index (χ1v) is 8.94. The molecule has 1 heterocycles. The first-order chi connectivity index (χ1) is 11.0. The second-order valence-corrected chi connectivity index (χ2v) is 7.45. The molecule has 0 unspecified atom stereocenters. The molecule has 2 N–H and O–H groups in total. The van der Waals surface area contributed by atoms with E-state index in [1.165, 1.54) is 4.90 Å². The van der Waals surface area contributed by atoms with Crippen LogP contribution in [0.3, 0.4) is 0 Å². The lowest BCUT2D eigenvalue weighted by Gasteiger charge is -2.27. The van der Waals surface area contributed by atoms with Crippen LogP contribution in [0, 0.1) is 5.92 Å². The molecule has 1 saturated heterocycles. The highest BCUT2D eigenvalue weighted by Gasteiger charge is 2.52. The molecule has 0 radical (unpaired) electrons. The molecule has 3 aliphatic rings. The van der Waals surface area contributed by atoms with Crippen LogP contribution in [0.15, 0.2) is 0 Å². The van der Waals surface area contributed by atoms with Gasteiger partial charge < -0.3 is 10.6 Å². The Bertz CT molecular complexity index is 491. The van der Waals surface area contributed by atoms with E-state index in [1.54, 1.807) is 0 Å². The van der Waals surface area contributed by atoms with Crippen LogP contribution in [0.25, 0.3) is 0 Å². The zero-order chi connectivity index (χ0) is 16.4. The van der Waals surface area contributed by atoms with Crippen molar-refractivity contribution in [3.8, 4) is 0 Å². The molecule has 0 aromatic carbocycles. The van der Waals surface area contributed by atoms with E-state index in [2.05, 4.69) is 17.6 Å². The summed E-state index contributed by atoms with van der Waals surface area (Å²) in [6.45, 7) is 2.43. The highest BCUT2D eigenvalue weighted by molar-refractivity contribution is 6.07. The number of nitrogens with zero attached hydrogens (tertiary/aromatic N) is 1. The fourth-order valence-corrected chi connectivity index (χ4v) is 4.11. The molecule has 2 aliphatic carbocycles. The molecule has 1 aliphatic heterocycles. The van der Waals surface area contributed by atoms with Crippen LogP contribution in [-0.2, 0) is 9.59 Å². The van der Waals surface area contributed by atoms with E-state index in [9.17, 15) is 14.4 Å². The SMILES string of the molecule is CC1CCC(NC(=O)CCN2C(=O)NC3(CCCC3)C2=O)CC1. The Morgan fingerprint density at radius 3 is 2.52 bits per heavy atom. The smallest absolute Gasteiger partial charge is 0.325 e. The highest BCUT2D eigenvalue weighted by Crippen LogP contribution is 2.35. The summed E-state index contributed by atoms with van der Waals surface area (Å²) in [5.74, 6) is 0.550. The molecule has 6 heteroatoms. The van der Waals surface area contributed by atoms with Gasteiger partial charge in [0.2, 0.25) is 5.91 Å². The summed E-state index contributed by atoms with van der Waals surface area (Å²) >= 11 is 0. The first kappa shape index (κ1) is 16.3. The van der Waals surface area contributed by atoms with Gasteiger partial charge in [-0.25, -0.2) is 4.79 Å². The molecular formula is C17H27N3O3. The summed E-state index contributed by atoms with van der Waals surface area (Å²) in [7, 11) is 0. The Kier molecular flexibility index (Phi) is 4.60. The zero-order valence-electron chi connectivity index (χ0n) is 13.9. The van der Waals surface area contributed by atoms with Crippen LogP contribution < -0.4 is 10.6 Å². The van der Waals surface area contributed by atoms with E-state index < -0.39 is 5.54 Å². The van der Waals surface area contributed by atoms with E-state index in [1.807, 2.05) is 0 Å². The van der Waals surface area contributed by atoms with Crippen LogP contribution in [0.4, 0.5) is 4.79 Å². The Morgan fingerprint density at radius 2 is 1.87 bits per heavy atom. The van der Waals surface area contributed by atoms with Crippen LogP contribution in [0.2, 0.25) is 0 Å². The lowest BCUT2D eigenvalue weighted by molar-refractivity contribution is -0.131. The number of hydrogen-bond donors (Lipinski definition) is 2. The number of amides is 4. The third-order valence-corrected chi connectivity index (χ3v) is 5.65. The molecule has 0 atom stereocenters. The molecule has 0 aromatic heterocycles. The third-order valence-electron chi connectivity index (χ3n) is 5.65. The van der Waals surface area contributed by atoms with Crippen molar-refractivity contribution >= 4 is 17.8 Å². The van der Waals surface area contributed by atoms with Gasteiger partial charge in [-0.05, 0) is 44.4 Å². The van der Waals surface area contributed by atoms with Crippen molar-refractivity contribution in [3.63, 3.8) is 0 Å². The normalized spacial score (nSPS) is 29.9. The Labute approximate surface area is 137 Å². The Hall–Kier alpha value is -1.59. The molecule has 3 rings (SSSR count). The molecule has 23 heavy (non-hydrogen) atoms. The van der Waals surface area contributed by atoms with Crippen LogP contribution in [0.1, 0.15) is 64.7 Å². The largest absolute Gasteiger partial charge is 0.353 e. The predicted octanol–water partition coefficient (Wildman–Crippen LogP) is 1.94. The quantitative estimate of drug-likeness (QED) is 0.777. The van der Waals surface area contributed by atoms with Crippen molar-refractivity contribution in [1.82, 2.24) is 15.5 Å². The van der Waals surface area contributed by atoms with Crippen molar-refractivity contribution in [2.24, 2.45) is 5.92 Å². The van der Waals surface area contributed by atoms with Gasteiger partial charge in [-0.3, -0.25) is 14.5 Å². The molecule has 0 aromatic rings. The first-order valence-electron chi connectivity index (χ1n) is 8.94. The molecule has 4 amide bonds. The standard InChI is InChI=1S/C17H27N3O3/c1-12-4-6-13(7-5-12)18-14(21)8-11-20-15(22)17(19-16(20)23)9-2-3-10-17/h12-13H,2-11H2,1H3,(H,18,21)(H,19,23). The van der Waals surface area contributed by atoms with Crippen molar-refractivity contribution in [2.75, 3.05) is 6.54 Å². The number of urea groups is 1. The number of carbonyl (C=O) groups is 3. The molecule has 1 spiro atoms. The average molecular weight is 321 g/mol. The third kappa shape index (κ3) is 3.35. The van der Waals surface area contributed by atoms with Gasteiger partial charge in [-0.1, -0.05) is 19.8 Å². The molecule has 0 bridgehead atoms. The van der Waals surface area contributed by atoms with Gasteiger partial charge in [-0.2, -0.15) is 0 Å². The molecule has 2 saturated carbocycles. The van der Waals surface area contributed by atoms with Crippen molar-refractivity contribution < 1.29 is 14.4 Å². The zero-order valence-corrected chi connectivity index (χ0v) is 13.9. The summed E-state index contributed by atoms with van der Waals surface area (Å²) < 4.78 is 0. The molecule has 128 valence electrons. The van der Waals surface area contributed by atoms with E-state index in [0.29, 0.717) is 0 Å². The molecule has 6 nitrogen and oxygen atoms in total. The van der Waals surface area contributed by atoms with Crippen molar-refractivity contribution in [1.29, 1.82) is 0 Å². The molecular weight excluding hydrogens is 294 g/mol. The lowest BCUT2D eigenvalue weighted by atomic mass is 9.87. The fourth-order valence-electron chi connectivity index (χ4n) is 4.11. The average Bonchev–Trinajstić information content (AvgIpc) is 3.07. The number of rotatable bonds is 4. The lowest BCUT2D eigenvalue weighted by Crippen LogP contribution is -2.44.